The van der Waals surface area contributed by atoms with Gasteiger partial charge >= 0.3 is 0 Å². The Balaban J connectivity index is 1.61. The summed E-state index contributed by atoms with van der Waals surface area (Å²) in [6.07, 6.45) is 3.05. The molecule has 3 heterocycles. The van der Waals surface area contributed by atoms with E-state index in [-0.39, 0.29) is 18.4 Å². The Kier molecular flexibility index (Phi) is 5.84. The van der Waals surface area contributed by atoms with Crippen LogP contribution in [0.3, 0.4) is 0 Å². The highest BCUT2D eigenvalue weighted by Gasteiger charge is 2.27. The minimum absolute atomic E-state index is 0.157. The molecule has 1 unspecified atom stereocenters. The Labute approximate surface area is 158 Å². The molecule has 1 fully saturated rings. The molecule has 1 N–H and O–H groups in total. The van der Waals surface area contributed by atoms with Gasteiger partial charge in [0.1, 0.15) is 15.7 Å². The Morgan fingerprint density at radius 3 is 2.62 bits per heavy atom. The molecule has 0 aliphatic carbocycles. The van der Waals surface area contributed by atoms with Gasteiger partial charge in [-0.05, 0) is 51.0 Å². The quantitative estimate of drug-likeness (QED) is 0.813. The minimum Gasteiger partial charge on any atom is -0.464 e. The van der Waals surface area contributed by atoms with Crippen LogP contribution in [0.5, 0.6) is 0 Å². The van der Waals surface area contributed by atoms with E-state index in [1.807, 2.05) is 26.0 Å². The zero-order valence-electron chi connectivity index (χ0n) is 15.0. The highest BCUT2D eigenvalue weighted by atomic mass is 32.2. The Morgan fingerprint density at radius 1 is 1.23 bits per heavy atom. The number of furan rings is 1. The van der Waals surface area contributed by atoms with E-state index in [9.17, 15) is 13.2 Å². The first-order chi connectivity index (χ1) is 12.4. The average Bonchev–Trinajstić information content (AvgIpc) is 3.25. The van der Waals surface area contributed by atoms with Crippen molar-refractivity contribution >= 4 is 27.3 Å². The second kappa shape index (κ2) is 7.94. The van der Waals surface area contributed by atoms with Crippen LogP contribution in [-0.2, 0) is 21.2 Å². The molecular formula is C18H24N2O4S2. The standard InChI is InChI=1S/C18H24N2O4S2/c1-13-6-8-16(24-13)14(2)19-17(21)12-15-7-9-18(25-15)26(22,23)20-10-4-3-5-11-20/h6-9,14H,3-5,10-12H2,1-2H3,(H,19,21). The number of hydrogen-bond acceptors (Lipinski definition) is 5. The fourth-order valence-electron chi connectivity index (χ4n) is 3.03. The Morgan fingerprint density at radius 2 is 1.96 bits per heavy atom. The highest BCUT2D eigenvalue weighted by molar-refractivity contribution is 7.91. The van der Waals surface area contributed by atoms with Crippen molar-refractivity contribution in [2.45, 2.75) is 49.8 Å². The molecule has 142 valence electrons. The molecule has 2 aromatic rings. The molecule has 1 amide bonds. The molecule has 3 rings (SSSR count). The zero-order chi connectivity index (χ0) is 18.7. The highest BCUT2D eigenvalue weighted by Crippen LogP contribution is 2.27. The summed E-state index contributed by atoms with van der Waals surface area (Å²) < 4.78 is 32.7. The maximum absolute atomic E-state index is 12.7. The third-order valence-corrected chi connectivity index (χ3v) is 7.90. The summed E-state index contributed by atoms with van der Waals surface area (Å²) in [5.74, 6) is 1.35. The minimum atomic E-state index is -3.44. The van der Waals surface area contributed by atoms with Gasteiger partial charge in [0, 0.05) is 18.0 Å². The summed E-state index contributed by atoms with van der Waals surface area (Å²) in [6, 6.07) is 6.80. The van der Waals surface area contributed by atoms with Crippen LogP contribution < -0.4 is 5.32 Å². The van der Waals surface area contributed by atoms with Gasteiger partial charge in [-0.25, -0.2) is 8.42 Å². The van der Waals surface area contributed by atoms with Crippen LogP contribution in [0.1, 0.15) is 48.6 Å². The van der Waals surface area contributed by atoms with Crippen LogP contribution in [0.25, 0.3) is 0 Å². The van der Waals surface area contributed by atoms with Crippen molar-refractivity contribution in [3.8, 4) is 0 Å². The first-order valence-electron chi connectivity index (χ1n) is 8.81. The Hall–Kier alpha value is -1.64. The predicted molar refractivity (Wildman–Crippen MR) is 101 cm³/mol. The lowest BCUT2D eigenvalue weighted by atomic mass is 10.2. The lowest BCUT2D eigenvalue weighted by molar-refractivity contribution is -0.121. The summed E-state index contributed by atoms with van der Waals surface area (Å²) in [4.78, 5) is 13.0. The number of sulfonamides is 1. The lowest BCUT2D eigenvalue weighted by Crippen LogP contribution is -2.35. The van der Waals surface area contributed by atoms with Gasteiger partial charge < -0.3 is 9.73 Å². The van der Waals surface area contributed by atoms with Crippen molar-refractivity contribution in [1.82, 2.24) is 9.62 Å². The number of rotatable bonds is 6. The van der Waals surface area contributed by atoms with E-state index in [2.05, 4.69) is 5.32 Å². The van der Waals surface area contributed by atoms with Crippen molar-refractivity contribution in [2.24, 2.45) is 0 Å². The molecule has 0 aromatic carbocycles. The van der Waals surface area contributed by atoms with Gasteiger partial charge in [0.25, 0.3) is 10.0 Å². The van der Waals surface area contributed by atoms with Crippen molar-refractivity contribution < 1.29 is 17.6 Å². The average molecular weight is 397 g/mol. The molecule has 1 aliphatic rings. The van der Waals surface area contributed by atoms with E-state index in [1.165, 1.54) is 11.3 Å². The summed E-state index contributed by atoms with van der Waals surface area (Å²) in [5, 5.41) is 2.88. The van der Waals surface area contributed by atoms with Gasteiger partial charge in [-0.15, -0.1) is 11.3 Å². The molecule has 0 bridgehead atoms. The monoisotopic (exact) mass is 396 g/mol. The molecule has 26 heavy (non-hydrogen) atoms. The van der Waals surface area contributed by atoms with Gasteiger partial charge in [0.05, 0.1) is 12.5 Å². The molecule has 0 spiro atoms. The van der Waals surface area contributed by atoms with E-state index in [4.69, 9.17) is 4.42 Å². The molecule has 0 radical (unpaired) electrons. The number of thiophene rings is 1. The van der Waals surface area contributed by atoms with E-state index < -0.39 is 10.0 Å². The van der Waals surface area contributed by atoms with Crippen LogP contribution >= 0.6 is 11.3 Å². The topological polar surface area (TPSA) is 79.6 Å². The van der Waals surface area contributed by atoms with Gasteiger partial charge in [-0.3, -0.25) is 4.79 Å². The number of amides is 1. The molecule has 1 aliphatic heterocycles. The van der Waals surface area contributed by atoms with E-state index in [0.29, 0.717) is 23.1 Å². The van der Waals surface area contributed by atoms with E-state index >= 15 is 0 Å². The van der Waals surface area contributed by atoms with E-state index in [0.717, 1.165) is 29.9 Å². The number of piperidine rings is 1. The fraction of sp³-hybridized carbons (Fsp3) is 0.500. The zero-order valence-corrected chi connectivity index (χ0v) is 16.7. The molecule has 8 heteroatoms. The summed E-state index contributed by atoms with van der Waals surface area (Å²) in [6.45, 7) is 4.87. The first-order valence-corrected chi connectivity index (χ1v) is 11.1. The third-order valence-electron chi connectivity index (χ3n) is 4.45. The first kappa shape index (κ1) is 19.1. The van der Waals surface area contributed by atoms with E-state index in [1.54, 1.807) is 16.4 Å². The molecule has 2 aromatic heterocycles. The number of aryl methyl sites for hydroxylation is 1. The SMILES string of the molecule is Cc1ccc(C(C)NC(=O)Cc2ccc(S(=O)(=O)N3CCCCC3)s2)o1. The predicted octanol–water partition coefficient (Wildman–Crippen LogP) is 3.24. The third kappa shape index (κ3) is 4.36. The molecule has 1 saturated heterocycles. The van der Waals surface area contributed by atoms with Crippen molar-refractivity contribution in [3.63, 3.8) is 0 Å². The molecule has 6 nitrogen and oxygen atoms in total. The van der Waals surface area contributed by atoms with Crippen LogP contribution in [-0.4, -0.2) is 31.7 Å². The van der Waals surface area contributed by atoms with Crippen LogP contribution in [0.4, 0.5) is 0 Å². The second-order valence-corrected chi connectivity index (χ2v) is 9.93. The van der Waals surface area contributed by atoms with Crippen LogP contribution in [0.2, 0.25) is 0 Å². The molecule has 1 atom stereocenters. The lowest BCUT2D eigenvalue weighted by Gasteiger charge is -2.25. The van der Waals surface area contributed by atoms with Crippen LogP contribution in [0.15, 0.2) is 32.9 Å². The number of carbonyl (C=O) groups is 1. The number of carbonyl (C=O) groups excluding carboxylic acids is 1. The second-order valence-electron chi connectivity index (χ2n) is 6.60. The van der Waals surface area contributed by atoms with Crippen molar-refractivity contribution in [1.29, 1.82) is 0 Å². The van der Waals surface area contributed by atoms with Gasteiger partial charge in [0.2, 0.25) is 5.91 Å². The number of nitrogens with zero attached hydrogens (tertiary/aromatic N) is 1. The summed E-state index contributed by atoms with van der Waals surface area (Å²) in [5.41, 5.74) is 0. The smallest absolute Gasteiger partial charge is 0.252 e. The van der Waals surface area contributed by atoms with Crippen molar-refractivity contribution in [2.75, 3.05) is 13.1 Å². The summed E-state index contributed by atoms with van der Waals surface area (Å²) in [7, 11) is -3.44. The number of nitrogens with one attached hydrogen (secondary N) is 1. The number of hydrogen-bond donors (Lipinski definition) is 1. The maximum atomic E-state index is 12.7. The van der Waals surface area contributed by atoms with Gasteiger partial charge in [0.15, 0.2) is 0 Å². The summed E-state index contributed by atoms with van der Waals surface area (Å²) >= 11 is 1.17. The molecule has 0 saturated carbocycles. The van der Waals surface area contributed by atoms with Gasteiger partial charge in [-0.2, -0.15) is 4.31 Å². The largest absolute Gasteiger partial charge is 0.464 e. The molecular weight excluding hydrogens is 372 g/mol. The maximum Gasteiger partial charge on any atom is 0.252 e. The normalized spacial score (nSPS) is 17.2. The van der Waals surface area contributed by atoms with Crippen LogP contribution in [0, 0.1) is 6.92 Å². The fourth-order valence-corrected chi connectivity index (χ4v) is 6.06. The van der Waals surface area contributed by atoms with Gasteiger partial charge in [-0.1, -0.05) is 6.42 Å². The Bertz CT molecular complexity index is 863. The van der Waals surface area contributed by atoms with Crippen molar-refractivity contribution in [3.05, 3.63) is 40.7 Å².